The fourth-order valence-electron chi connectivity index (χ4n) is 2.02. The van der Waals surface area contributed by atoms with Gasteiger partial charge >= 0.3 is 5.97 Å². The highest BCUT2D eigenvalue weighted by atomic mass is 79.9. The quantitative estimate of drug-likeness (QED) is 0.901. The Balaban J connectivity index is 1.85. The molecule has 2 heterocycles. The van der Waals surface area contributed by atoms with E-state index in [1.807, 2.05) is 16.3 Å². The molecule has 1 saturated heterocycles. The molecule has 0 unspecified atom stereocenters. The lowest BCUT2D eigenvalue weighted by Crippen LogP contribution is -2.49. The number of halogens is 1. The van der Waals surface area contributed by atoms with Crippen LogP contribution >= 0.6 is 27.3 Å². The lowest BCUT2D eigenvalue weighted by Gasteiger charge is -2.34. The van der Waals surface area contributed by atoms with Crippen LogP contribution < -0.4 is 0 Å². The Morgan fingerprint density at radius 3 is 2.53 bits per heavy atom. The fraction of sp³-hybridized carbons (Fsp3) is 0.500. The Labute approximate surface area is 123 Å². The van der Waals surface area contributed by atoms with Crippen molar-refractivity contribution >= 4 is 39.1 Å². The molecule has 5 nitrogen and oxygen atoms in total. The van der Waals surface area contributed by atoms with Crippen molar-refractivity contribution in [1.82, 2.24) is 9.80 Å². The summed E-state index contributed by atoms with van der Waals surface area (Å²) in [4.78, 5) is 27.4. The first-order chi connectivity index (χ1) is 9.08. The second-order valence-corrected chi connectivity index (χ2v) is 6.15. The van der Waals surface area contributed by atoms with Gasteiger partial charge in [-0.15, -0.1) is 11.3 Å². The van der Waals surface area contributed by atoms with Gasteiger partial charge < -0.3 is 10.0 Å². The number of carboxylic acids is 1. The smallest absolute Gasteiger partial charge is 0.304 e. The third kappa shape index (κ3) is 3.77. The summed E-state index contributed by atoms with van der Waals surface area (Å²) in [5.41, 5.74) is 0. The number of carbonyl (C=O) groups is 2. The minimum atomic E-state index is -0.777. The highest BCUT2D eigenvalue weighted by Crippen LogP contribution is 2.24. The monoisotopic (exact) mass is 346 g/mol. The van der Waals surface area contributed by atoms with Crippen molar-refractivity contribution in [2.75, 3.05) is 32.7 Å². The minimum Gasteiger partial charge on any atom is -0.481 e. The summed E-state index contributed by atoms with van der Waals surface area (Å²) >= 11 is 4.81. The molecule has 19 heavy (non-hydrogen) atoms. The van der Waals surface area contributed by atoms with Crippen LogP contribution in [-0.2, 0) is 4.79 Å². The van der Waals surface area contributed by atoms with Gasteiger partial charge in [-0.2, -0.15) is 0 Å². The van der Waals surface area contributed by atoms with Crippen LogP contribution in [0.2, 0.25) is 0 Å². The molecule has 2 rings (SSSR count). The van der Waals surface area contributed by atoms with Gasteiger partial charge in [-0.1, -0.05) is 0 Å². The van der Waals surface area contributed by atoms with Crippen molar-refractivity contribution < 1.29 is 14.7 Å². The van der Waals surface area contributed by atoms with Gasteiger partial charge in [0.25, 0.3) is 5.91 Å². The van der Waals surface area contributed by atoms with E-state index in [-0.39, 0.29) is 12.3 Å². The van der Waals surface area contributed by atoms with Crippen LogP contribution in [-0.4, -0.2) is 59.5 Å². The first kappa shape index (κ1) is 14.5. The molecule has 1 N–H and O–H groups in total. The zero-order valence-electron chi connectivity index (χ0n) is 10.3. The summed E-state index contributed by atoms with van der Waals surface area (Å²) in [6.07, 6.45) is 0.157. The number of thiophene rings is 1. The molecule has 1 aromatic heterocycles. The molecule has 1 amide bonds. The molecule has 104 valence electrons. The zero-order valence-corrected chi connectivity index (χ0v) is 12.7. The van der Waals surface area contributed by atoms with E-state index in [1.54, 1.807) is 0 Å². The third-order valence-electron chi connectivity index (χ3n) is 3.11. The van der Waals surface area contributed by atoms with Gasteiger partial charge in [0.1, 0.15) is 4.88 Å². The predicted molar refractivity (Wildman–Crippen MR) is 76.6 cm³/mol. The third-order valence-corrected chi connectivity index (χ3v) is 4.94. The van der Waals surface area contributed by atoms with Gasteiger partial charge in [0.15, 0.2) is 0 Å². The number of hydrogen-bond acceptors (Lipinski definition) is 4. The summed E-state index contributed by atoms with van der Waals surface area (Å²) < 4.78 is 0.843. The minimum absolute atomic E-state index is 0.0553. The second-order valence-electron chi connectivity index (χ2n) is 4.38. The summed E-state index contributed by atoms with van der Waals surface area (Å²) in [5, 5.41) is 10.5. The lowest BCUT2D eigenvalue weighted by atomic mass is 10.2. The van der Waals surface area contributed by atoms with Gasteiger partial charge in [0, 0.05) is 37.2 Å². The van der Waals surface area contributed by atoms with Gasteiger partial charge in [0.2, 0.25) is 0 Å². The Hall–Kier alpha value is -0.920. The van der Waals surface area contributed by atoms with Gasteiger partial charge in [-0.3, -0.25) is 14.5 Å². The van der Waals surface area contributed by atoms with Crippen molar-refractivity contribution in [3.63, 3.8) is 0 Å². The van der Waals surface area contributed by atoms with Crippen LogP contribution in [0.1, 0.15) is 16.1 Å². The topological polar surface area (TPSA) is 60.9 Å². The second kappa shape index (κ2) is 6.49. The average Bonchev–Trinajstić information content (AvgIpc) is 2.82. The number of amides is 1. The van der Waals surface area contributed by atoms with Crippen molar-refractivity contribution in [2.45, 2.75) is 6.42 Å². The van der Waals surface area contributed by atoms with Gasteiger partial charge in [0.05, 0.1) is 6.42 Å². The molecule has 7 heteroatoms. The zero-order chi connectivity index (χ0) is 13.8. The molecule has 0 aromatic carbocycles. The molecular weight excluding hydrogens is 332 g/mol. The van der Waals surface area contributed by atoms with E-state index < -0.39 is 5.97 Å². The number of aliphatic carboxylic acids is 1. The molecule has 0 radical (unpaired) electrons. The van der Waals surface area contributed by atoms with Crippen LogP contribution in [0.5, 0.6) is 0 Å². The molecule has 0 aliphatic carbocycles. The molecule has 0 spiro atoms. The summed E-state index contributed by atoms with van der Waals surface area (Å²) in [7, 11) is 0. The number of hydrogen-bond donors (Lipinski definition) is 1. The van der Waals surface area contributed by atoms with E-state index in [0.717, 1.165) is 22.4 Å². The molecule has 1 fully saturated rings. The van der Waals surface area contributed by atoms with Crippen molar-refractivity contribution in [1.29, 1.82) is 0 Å². The molecule has 0 atom stereocenters. The predicted octanol–water partition coefficient (Wildman–Crippen LogP) is 1.74. The van der Waals surface area contributed by atoms with Crippen molar-refractivity contribution in [3.05, 3.63) is 20.8 Å². The number of carboxylic acid groups (broad SMARTS) is 1. The van der Waals surface area contributed by atoms with Gasteiger partial charge in [-0.05, 0) is 27.4 Å². The standard InChI is InChI=1S/C12H15BrN2O3S/c13-9-2-8-19-11(9)12(18)15-6-4-14(5-7-15)3-1-10(16)17/h2,8H,1,3-7H2,(H,16,17). The molecule has 1 aliphatic rings. The normalized spacial score (nSPS) is 16.6. The highest BCUT2D eigenvalue weighted by Gasteiger charge is 2.24. The maximum absolute atomic E-state index is 12.2. The molecule has 1 aromatic rings. The lowest BCUT2D eigenvalue weighted by molar-refractivity contribution is -0.137. The van der Waals surface area contributed by atoms with E-state index in [2.05, 4.69) is 20.8 Å². The van der Waals surface area contributed by atoms with E-state index in [4.69, 9.17) is 5.11 Å². The Morgan fingerprint density at radius 1 is 1.32 bits per heavy atom. The number of piperazine rings is 1. The molecule has 1 aliphatic heterocycles. The maximum Gasteiger partial charge on any atom is 0.304 e. The summed E-state index contributed by atoms with van der Waals surface area (Å²) in [5.74, 6) is -0.721. The Bertz CT molecular complexity index is 469. The first-order valence-electron chi connectivity index (χ1n) is 6.04. The van der Waals surface area contributed by atoms with Gasteiger partial charge in [-0.25, -0.2) is 0 Å². The number of rotatable bonds is 4. The molecule has 0 saturated carbocycles. The first-order valence-corrected chi connectivity index (χ1v) is 7.71. The summed E-state index contributed by atoms with van der Waals surface area (Å²) in [6, 6.07) is 1.88. The number of nitrogens with zero attached hydrogens (tertiary/aromatic N) is 2. The molecule has 0 bridgehead atoms. The average molecular weight is 347 g/mol. The SMILES string of the molecule is O=C(O)CCN1CCN(C(=O)c2sccc2Br)CC1. The van der Waals surface area contributed by atoms with Crippen LogP contribution in [0.15, 0.2) is 15.9 Å². The maximum atomic E-state index is 12.2. The summed E-state index contributed by atoms with van der Waals surface area (Å²) in [6.45, 7) is 3.34. The largest absolute Gasteiger partial charge is 0.481 e. The van der Waals surface area contributed by atoms with Crippen LogP contribution in [0, 0.1) is 0 Å². The van der Waals surface area contributed by atoms with Crippen molar-refractivity contribution in [2.24, 2.45) is 0 Å². The molecular formula is C12H15BrN2O3S. The van der Waals surface area contributed by atoms with Crippen LogP contribution in [0.4, 0.5) is 0 Å². The Kier molecular flexibility index (Phi) is 4.95. The Morgan fingerprint density at radius 2 is 2.00 bits per heavy atom. The van der Waals surface area contributed by atoms with Crippen molar-refractivity contribution in [3.8, 4) is 0 Å². The van der Waals surface area contributed by atoms with E-state index >= 15 is 0 Å². The fourth-order valence-corrected chi connectivity index (χ4v) is 3.53. The van der Waals surface area contributed by atoms with Crippen LogP contribution in [0.25, 0.3) is 0 Å². The van der Waals surface area contributed by atoms with E-state index in [1.165, 1.54) is 11.3 Å². The van der Waals surface area contributed by atoms with E-state index in [0.29, 0.717) is 19.6 Å². The highest BCUT2D eigenvalue weighted by molar-refractivity contribution is 9.10. The van der Waals surface area contributed by atoms with E-state index in [9.17, 15) is 9.59 Å². The number of carbonyl (C=O) groups excluding carboxylic acids is 1. The van der Waals surface area contributed by atoms with Crippen LogP contribution in [0.3, 0.4) is 0 Å².